The van der Waals surface area contributed by atoms with E-state index in [1.54, 1.807) is 6.07 Å². The van der Waals surface area contributed by atoms with Crippen LogP contribution in [0.5, 0.6) is 0 Å². The van der Waals surface area contributed by atoms with Gasteiger partial charge in [0.2, 0.25) is 10.0 Å². The van der Waals surface area contributed by atoms with Crippen LogP contribution in [0.1, 0.15) is 5.56 Å². The minimum atomic E-state index is -3.95. The predicted octanol–water partition coefficient (Wildman–Crippen LogP) is 0.263. The number of sulfonamides is 1. The third-order valence-corrected chi connectivity index (χ3v) is 3.92. The van der Waals surface area contributed by atoms with E-state index in [9.17, 15) is 13.2 Å². The van der Waals surface area contributed by atoms with Gasteiger partial charge in [0, 0.05) is 7.05 Å². The zero-order valence-corrected chi connectivity index (χ0v) is 9.81. The van der Waals surface area contributed by atoms with E-state index in [-0.39, 0.29) is 10.5 Å². The highest BCUT2D eigenvalue weighted by Gasteiger charge is 2.25. The maximum Gasteiger partial charge on any atom is 0.318 e. The number of nitrogens with zero attached hydrogens (tertiary/aromatic N) is 2. The van der Waals surface area contributed by atoms with Crippen molar-refractivity contribution in [2.75, 3.05) is 13.6 Å². The molecule has 0 aromatic heterocycles. The molecule has 1 aromatic rings. The van der Waals surface area contributed by atoms with Gasteiger partial charge >= 0.3 is 5.97 Å². The van der Waals surface area contributed by atoms with E-state index in [1.165, 1.54) is 24.3 Å². The van der Waals surface area contributed by atoms with Gasteiger partial charge < -0.3 is 5.11 Å². The van der Waals surface area contributed by atoms with Crippen LogP contribution >= 0.6 is 0 Å². The van der Waals surface area contributed by atoms with Crippen LogP contribution in [-0.2, 0) is 14.8 Å². The molecule has 0 amide bonds. The predicted molar refractivity (Wildman–Crippen MR) is 58.6 cm³/mol. The molecule has 0 unspecified atom stereocenters. The van der Waals surface area contributed by atoms with Gasteiger partial charge in [-0.05, 0) is 12.1 Å². The highest BCUT2D eigenvalue weighted by molar-refractivity contribution is 7.89. The third-order valence-electron chi connectivity index (χ3n) is 2.05. The summed E-state index contributed by atoms with van der Waals surface area (Å²) in [5.41, 5.74) is -0.00950. The van der Waals surface area contributed by atoms with Crippen molar-refractivity contribution in [1.82, 2.24) is 4.31 Å². The molecule has 0 saturated carbocycles. The fraction of sp³-hybridized carbons (Fsp3) is 0.200. The molecule has 0 spiro atoms. The molecule has 0 fully saturated rings. The van der Waals surface area contributed by atoms with E-state index in [2.05, 4.69) is 0 Å². The number of carbonyl (C=O) groups is 1. The number of likely N-dealkylation sites (N-methyl/N-ethyl adjacent to an activating group) is 1. The molecule has 0 aliphatic carbocycles. The Kier molecular flexibility index (Phi) is 3.83. The van der Waals surface area contributed by atoms with Crippen molar-refractivity contribution in [2.24, 2.45) is 0 Å². The van der Waals surface area contributed by atoms with Gasteiger partial charge in [-0.1, -0.05) is 12.1 Å². The molecule has 0 radical (unpaired) electrons. The van der Waals surface area contributed by atoms with E-state index in [4.69, 9.17) is 10.4 Å². The van der Waals surface area contributed by atoms with Gasteiger partial charge in [0.15, 0.2) is 0 Å². The Morgan fingerprint density at radius 3 is 2.59 bits per heavy atom. The first-order valence-corrected chi connectivity index (χ1v) is 6.01. The fourth-order valence-electron chi connectivity index (χ4n) is 1.23. The first kappa shape index (κ1) is 13.2. The minimum Gasteiger partial charge on any atom is -0.480 e. The molecule has 90 valence electrons. The number of carboxylic acids is 1. The number of nitriles is 1. The van der Waals surface area contributed by atoms with Gasteiger partial charge in [0.05, 0.1) is 10.5 Å². The van der Waals surface area contributed by atoms with Crippen molar-refractivity contribution in [3.8, 4) is 6.07 Å². The Labute approximate surface area is 98.8 Å². The highest BCUT2D eigenvalue weighted by atomic mass is 32.2. The van der Waals surface area contributed by atoms with Crippen LogP contribution in [0, 0.1) is 11.3 Å². The van der Waals surface area contributed by atoms with E-state index in [0.717, 1.165) is 7.05 Å². The normalized spacial score (nSPS) is 11.1. The van der Waals surface area contributed by atoms with Gasteiger partial charge in [0.25, 0.3) is 0 Å². The molecule has 7 heteroatoms. The second-order valence-electron chi connectivity index (χ2n) is 3.26. The van der Waals surface area contributed by atoms with Crippen LogP contribution in [0.4, 0.5) is 0 Å². The molecule has 17 heavy (non-hydrogen) atoms. The fourth-order valence-corrected chi connectivity index (χ4v) is 2.49. The van der Waals surface area contributed by atoms with Crippen molar-refractivity contribution in [1.29, 1.82) is 5.26 Å². The van der Waals surface area contributed by atoms with E-state index < -0.39 is 22.5 Å². The second-order valence-corrected chi connectivity index (χ2v) is 5.28. The summed E-state index contributed by atoms with van der Waals surface area (Å²) >= 11 is 0. The summed E-state index contributed by atoms with van der Waals surface area (Å²) in [6.07, 6.45) is 0. The lowest BCUT2D eigenvalue weighted by atomic mass is 10.2. The highest BCUT2D eigenvalue weighted by Crippen LogP contribution is 2.18. The molecule has 6 nitrogen and oxygen atoms in total. The molecule has 0 atom stereocenters. The molecule has 1 rings (SSSR count). The maximum atomic E-state index is 12.0. The lowest BCUT2D eigenvalue weighted by Gasteiger charge is -2.15. The summed E-state index contributed by atoms with van der Waals surface area (Å²) in [5.74, 6) is -1.26. The minimum absolute atomic E-state index is 0.00950. The van der Waals surface area contributed by atoms with Crippen LogP contribution in [0.15, 0.2) is 29.2 Å². The van der Waals surface area contributed by atoms with Crippen LogP contribution in [0.2, 0.25) is 0 Å². The van der Waals surface area contributed by atoms with Crippen molar-refractivity contribution in [2.45, 2.75) is 4.90 Å². The number of carboxylic acid groups (broad SMARTS) is 1. The van der Waals surface area contributed by atoms with E-state index >= 15 is 0 Å². The van der Waals surface area contributed by atoms with Crippen LogP contribution in [-0.4, -0.2) is 37.4 Å². The molecular weight excluding hydrogens is 244 g/mol. The number of hydrogen-bond donors (Lipinski definition) is 1. The average Bonchev–Trinajstić information content (AvgIpc) is 2.28. The summed E-state index contributed by atoms with van der Waals surface area (Å²) in [5, 5.41) is 17.3. The Morgan fingerprint density at radius 1 is 1.47 bits per heavy atom. The van der Waals surface area contributed by atoms with Crippen molar-refractivity contribution < 1.29 is 18.3 Å². The SMILES string of the molecule is CN(CC(=O)O)S(=O)(=O)c1ccccc1C#N. The van der Waals surface area contributed by atoms with E-state index in [1.807, 2.05) is 0 Å². The zero-order chi connectivity index (χ0) is 13.1. The second kappa shape index (κ2) is 4.95. The summed E-state index contributed by atoms with van der Waals surface area (Å²) in [7, 11) is -2.80. The third kappa shape index (κ3) is 2.81. The standard InChI is InChI=1S/C10H10N2O4S/c1-12(7-10(13)14)17(15,16)9-5-3-2-4-8(9)6-11/h2-5H,7H2,1H3,(H,13,14). The number of hydrogen-bond acceptors (Lipinski definition) is 4. The smallest absolute Gasteiger partial charge is 0.318 e. The Hall–Kier alpha value is -1.91. The summed E-state index contributed by atoms with van der Waals surface area (Å²) in [4.78, 5) is 10.3. The zero-order valence-electron chi connectivity index (χ0n) is 8.99. The first-order valence-electron chi connectivity index (χ1n) is 4.57. The molecule has 1 N–H and O–H groups in total. The van der Waals surface area contributed by atoms with Gasteiger partial charge in [-0.3, -0.25) is 4.79 Å². The Morgan fingerprint density at radius 2 is 2.06 bits per heavy atom. The van der Waals surface area contributed by atoms with Gasteiger partial charge in [-0.25, -0.2) is 8.42 Å². The molecule has 0 bridgehead atoms. The van der Waals surface area contributed by atoms with E-state index in [0.29, 0.717) is 4.31 Å². The lowest BCUT2D eigenvalue weighted by Crippen LogP contribution is -2.32. The first-order chi connectivity index (χ1) is 7.89. The van der Waals surface area contributed by atoms with Crippen LogP contribution in [0.25, 0.3) is 0 Å². The molecule has 1 aromatic carbocycles. The molecular formula is C10H10N2O4S. The lowest BCUT2D eigenvalue weighted by molar-refractivity contribution is -0.137. The van der Waals surface area contributed by atoms with Gasteiger partial charge in [-0.2, -0.15) is 9.57 Å². The monoisotopic (exact) mass is 254 g/mol. The summed E-state index contributed by atoms with van der Waals surface area (Å²) in [6.45, 7) is -0.651. The van der Waals surface area contributed by atoms with Crippen LogP contribution < -0.4 is 0 Å². The number of benzene rings is 1. The molecule has 0 heterocycles. The molecule has 0 aliphatic heterocycles. The quantitative estimate of drug-likeness (QED) is 0.831. The summed E-state index contributed by atoms with van der Waals surface area (Å²) in [6, 6.07) is 7.40. The summed E-state index contributed by atoms with van der Waals surface area (Å²) < 4.78 is 24.6. The number of aliphatic carboxylic acids is 1. The maximum absolute atomic E-state index is 12.0. The Balaban J connectivity index is 3.23. The topological polar surface area (TPSA) is 98.5 Å². The van der Waals surface area contributed by atoms with Crippen molar-refractivity contribution >= 4 is 16.0 Å². The average molecular weight is 254 g/mol. The molecule has 0 aliphatic rings. The Bertz CT molecular complexity index is 574. The van der Waals surface area contributed by atoms with Gasteiger partial charge in [-0.15, -0.1) is 0 Å². The van der Waals surface area contributed by atoms with Crippen LogP contribution in [0.3, 0.4) is 0 Å². The number of rotatable bonds is 4. The largest absolute Gasteiger partial charge is 0.480 e. The van der Waals surface area contributed by atoms with Crippen molar-refractivity contribution in [3.63, 3.8) is 0 Å². The van der Waals surface area contributed by atoms with Gasteiger partial charge in [0.1, 0.15) is 12.6 Å². The molecule has 0 saturated heterocycles. The van der Waals surface area contributed by atoms with Crippen molar-refractivity contribution in [3.05, 3.63) is 29.8 Å².